The topological polar surface area (TPSA) is 42.9 Å². The molecular weight excluding hydrogens is 506 g/mol. The van der Waals surface area contributed by atoms with E-state index in [9.17, 15) is 13.2 Å². The van der Waals surface area contributed by atoms with Crippen molar-refractivity contribution in [3.63, 3.8) is 0 Å². The molecule has 0 radical (unpaired) electrons. The maximum Gasteiger partial charge on any atom is 0.416 e. The molecule has 0 aliphatic carbocycles. The molecule has 172 valence electrons. The molecule has 1 aliphatic heterocycles. The fourth-order valence-electron chi connectivity index (χ4n) is 3.47. The van der Waals surface area contributed by atoms with Gasteiger partial charge in [-0.3, -0.25) is 4.99 Å². The normalized spacial score (nSPS) is 17.7. The highest BCUT2D eigenvalue weighted by molar-refractivity contribution is 14.0. The van der Waals surface area contributed by atoms with E-state index < -0.39 is 11.7 Å². The molecule has 1 aliphatic rings. The average molecular weight is 541 g/mol. The molecule has 0 aromatic heterocycles. The average Bonchev–Trinajstić information content (AvgIpc) is 2.90. The number of guanidine groups is 1. The fraction of sp³-hybridized carbons (Fsp3) is 0.667. The maximum absolute atomic E-state index is 12.9. The second kappa shape index (κ2) is 13.4. The second-order valence-electron chi connectivity index (χ2n) is 7.74. The SMILES string of the molecule is CN=C(NCCC(C)c1cccc(C(F)(F)F)c1)NCCN1CCCN(C)CC1.I. The van der Waals surface area contributed by atoms with Crippen LogP contribution in [0.25, 0.3) is 0 Å². The maximum atomic E-state index is 12.9. The van der Waals surface area contributed by atoms with Crippen LogP contribution in [0.4, 0.5) is 13.2 Å². The molecular formula is C21H35F3IN5. The van der Waals surface area contributed by atoms with Gasteiger partial charge in [-0.25, -0.2) is 0 Å². The number of nitrogens with zero attached hydrogens (tertiary/aromatic N) is 3. The Morgan fingerprint density at radius 1 is 1.13 bits per heavy atom. The predicted octanol–water partition coefficient (Wildman–Crippen LogP) is 3.62. The van der Waals surface area contributed by atoms with Crippen molar-refractivity contribution in [3.05, 3.63) is 35.4 Å². The Balaban J connectivity index is 0.00000450. The molecule has 1 fully saturated rings. The third-order valence-corrected chi connectivity index (χ3v) is 5.41. The molecule has 5 nitrogen and oxygen atoms in total. The zero-order chi connectivity index (χ0) is 21.3. The van der Waals surface area contributed by atoms with Gasteiger partial charge in [0.25, 0.3) is 0 Å². The van der Waals surface area contributed by atoms with Gasteiger partial charge in [-0.15, -0.1) is 24.0 Å². The summed E-state index contributed by atoms with van der Waals surface area (Å²) in [5, 5.41) is 6.59. The molecule has 2 rings (SSSR count). The van der Waals surface area contributed by atoms with Crippen molar-refractivity contribution in [2.24, 2.45) is 4.99 Å². The van der Waals surface area contributed by atoms with Gasteiger partial charge in [0.15, 0.2) is 5.96 Å². The summed E-state index contributed by atoms with van der Waals surface area (Å²) in [7, 11) is 3.89. The number of rotatable bonds is 7. The molecule has 9 heteroatoms. The molecule has 0 spiro atoms. The molecule has 1 aromatic rings. The summed E-state index contributed by atoms with van der Waals surface area (Å²) in [5.41, 5.74) is 0.114. The number of halogens is 4. The van der Waals surface area contributed by atoms with Gasteiger partial charge in [-0.2, -0.15) is 13.2 Å². The van der Waals surface area contributed by atoms with Crippen molar-refractivity contribution >= 4 is 29.9 Å². The van der Waals surface area contributed by atoms with Gasteiger partial charge in [-0.05, 0) is 50.5 Å². The van der Waals surface area contributed by atoms with E-state index in [1.54, 1.807) is 13.1 Å². The van der Waals surface area contributed by atoms with Crippen molar-refractivity contribution < 1.29 is 13.2 Å². The highest BCUT2D eigenvalue weighted by Gasteiger charge is 2.30. The van der Waals surface area contributed by atoms with Crippen LogP contribution in [-0.4, -0.2) is 75.7 Å². The molecule has 0 amide bonds. The van der Waals surface area contributed by atoms with Crippen molar-refractivity contribution in [1.82, 2.24) is 20.4 Å². The van der Waals surface area contributed by atoms with Crippen LogP contribution < -0.4 is 10.6 Å². The monoisotopic (exact) mass is 541 g/mol. The molecule has 1 heterocycles. The Bertz CT molecular complexity index is 654. The predicted molar refractivity (Wildman–Crippen MR) is 128 cm³/mol. The molecule has 1 aromatic carbocycles. The van der Waals surface area contributed by atoms with Gasteiger partial charge in [0.1, 0.15) is 0 Å². The molecule has 0 saturated carbocycles. The molecule has 1 atom stereocenters. The summed E-state index contributed by atoms with van der Waals surface area (Å²) >= 11 is 0. The van der Waals surface area contributed by atoms with Crippen molar-refractivity contribution in [1.29, 1.82) is 0 Å². The van der Waals surface area contributed by atoms with Gasteiger partial charge in [-0.1, -0.05) is 25.1 Å². The first kappa shape index (κ1) is 27.0. The van der Waals surface area contributed by atoms with Crippen molar-refractivity contribution in [2.45, 2.75) is 31.9 Å². The minimum Gasteiger partial charge on any atom is -0.356 e. The second-order valence-corrected chi connectivity index (χ2v) is 7.74. The third kappa shape index (κ3) is 9.38. The van der Waals surface area contributed by atoms with Crippen LogP contribution in [0.15, 0.2) is 29.3 Å². The van der Waals surface area contributed by atoms with Crippen LogP contribution in [0.5, 0.6) is 0 Å². The lowest BCUT2D eigenvalue weighted by molar-refractivity contribution is -0.137. The Hall–Kier alpha value is -1.07. The highest BCUT2D eigenvalue weighted by atomic mass is 127. The highest BCUT2D eigenvalue weighted by Crippen LogP contribution is 2.31. The van der Waals surface area contributed by atoms with E-state index in [-0.39, 0.29) is 29.9 Å². The van der Waals surface area contributed by atoms with E-state index in [2.05, 4.69) is 32.5 Å². The molecule has 1 saturated heterocycles. The number of alkyl halides is 3. The number of nitrogens with one attached hydrogen (secondary N) is 2. The van der Waals surface area contributed by atoms with Crippen LogP contribution >= 0.6 is 24.0 Å². The molecule has 0 bridgehead atoms. The van der Waals surface area contributed by atoms with Crippen molar-refractivity contribution in [3.8, 4) is 0 Å². The number of benzene rings is 1. The van der Waals surface area contributed by atoms with Gasteiger partial charge >= 0.3 is 6.18 Å². The number of likely N-dealkylation sites (N-methyl/N-ethyl adjacent to an activating group) is 1. The van der Waals surface area contributed by atoms with E-state index in [1.807, 2.05) is 6.92 Å². The van der Waals surface area contributed by atoms with E-state index in [4.69, 9.17) is 0 Å². The minimum absolute atomic E-state index is 0. The van der Waals surface area contributed by atoms with Crippen LogP contribution in [0.2, 0.25) is 0 Å². The first-order valence-electron chi connectivity index (χ1n) is 10.3. The summed E-state index contributed by atoms with van der Waals surface area (Å²) in [6.07, 6.45) is -2.39. The zero-order valence-corrected chi connectivity index (χ0v) is 20.5. The van der Waals surface area contributed by atoms with Gasteiger partial charge in [0, 0.05) is 39.8 Å². The van der Waals surface area contributed by atoms with Crippen LogP contribution in [0.3, 0.4) is 0 Å². The van der Waals surface area contributed by atoms with E-state index >= 15 is 0 Å². The lowest BCUT2D eigenvalue weighted by Gasteiger charge is -2.21. The van der Waals surface area contributed by atoms with Crippen LogP contribution in [0.1, 0.15) is 36.8 Å². The smallest absolute Gasteiger partial charge is 0.356 e. The quantitative estimate of drug-likeness (QED) is 0.315. The van der Waals surface area contributed by atoms with E-state index in [0.717, 1.165) is 57.7 Å². The Morgan fingerprint density at radius 2 is 1.87 bits per heavy atom. The first-order chi connectivity index (χ1) is 13.8. The van der Waals surface area contributed by atoms with Crippen molar-refractivity contribution in [2.75, 3.05) is 59.9 Å². The van der Waals surface area contributed by atoms with Gasteiger partial charge < -0.3 is 20.4 Å². The summed E-state index contributed by atoms with van der Waals surface area (Å²) in [4.78, 5) is 9.05. The summed E-state index contributed by atoms with van der Waals surface area (Å²) in [6, 6.07) is 5.59. The van der Waals surface area contributed by atoms with E-state index in [0.29, 0.717) is 12.1 Å². The number of hydrogen-bond acceptors (Lipinski definition) is 3. The zero-order valence-electron chi connectivity index (χ0n) is 18.1. The third-order valence-electron chi connectivity index (χ3n) is 5.41. The van der Waals surface area contributed by atoms with E-state index in [1.165, 1.54) is 18.6 Å². The Morgan fingerprint density at radius 3 is 2.57 bits per heavy atom. The standard InChI is InChI=1S/C21H34F3N5.HI/c1-17(18-6-4-7-19(16-18)21(22,23)24)8-9-26-20(25-2)27-10-13-29-12-5-11-28(3)14-15-29;/h4,6-7,16-17H,5,8-15H2,1-3H3,(H2,25,26,27);1H. The lowest BCUT2D eigenvalue weighted by Crippen LogP contribution is -2.42. The van der Waals surface area contributed by atoms with Crippen LogP contribution in [-0.2, 0) is 6.18 Å². The molecule has 1 unspecified atom stereocenters. The largest absolute Gasteiger partial charge is 0.416 e. The molecule has 2 N–H and O–H groups in total. The summed E-state index contributed by atoms with van der Waals surface area (Å²) in [5.74, 6) is 0.755. The number of hydrogen-bond donors (Lipinski definition) is 2. The first-order valence-corrected chi connectivity index (χ1v) is 10.3. The van der Waals surface area contributed by atoms with Crippen LogP contribution in [0, 0.1) is 0 Å². The number of aliphatic imine (C=N–C) groups is 1. The summed E-state index contributed by atoms with van der Waals surface area (Å²) in [6.45, 7) is 8.82. The fourth-order valence-corrected chi connectivity index (χ4v) is 3.47. The molecule has 30 heavy (non-hydrogen) atoms. The Labute approximate surface area is 195 Å². The Kier molecular flexibility index (Phi) is 12.0. The summed E-state index contributed by atoms with van der Waals surface area (Å²) < 4.78 is 38.7. The minimum atomic E-state index is -4.30. The lowest BCUT2D eigenvalue weighted by atomic mass is 9.96. The van der Waals surface area contributed by atoms with Gasteiger partial charge in [0.05, 0.1) is 5.56 Å². The van der Waals surface area contributed by atoms with Gasteiger partial charge in [0.2, 0.25) is 0 Å².